The molecule has 30 heavy (non-hydrogen) atoms. The maximum Gasteiger partial charge on any atom is 0.192 e. The van der Waals surface area contributed by atoms with Crippen LogP contribution in [-0.4, -0.2) is 29.3 Å². The van der Waals surface area contributed by atoms with E-state index in [-0.39, 0.29) is 17.2 Å². The SMILES string of the molecule is Cc1cn(C2CC2)c2c(Cl)c(N3CCNC(c4ccc(O)cc4)C3)c(F)cc2c1=O. The first kappa shape index (κ1) is 19.4. The van der Waals surface area contributed by atoms with Crippen molar-refractivity contribution in [1.29, 1.82) is 0 Å². The van der Waals surface area contributed by atoms with Crippen molar-refractivity contribution >= 4 is 28.2 Å². The number of aromatic hydroxyl groups is 1. The number of phenols is 1. The van der Waals surface area contributed by atoms with Crippen LogP contribution >= 0.6 is 11.6 Å². The van der Waals surface area contributed by atoms with Crippen LogP contribution in [0.25, 0.3) is 10.9 Å². The van der Waals surface area contributed by atoms with Gasteiger partial charge in [-0.25, -0.2) is 4.39 Å². The van der Waals surface area contributed by atoms with Crippen LogP contribution in [0.5, 0.6) is 5.75 Å². The summed E-state index contributed by atoms with van der Waals surface area (Å²) in [6.07, 6.45) is 3.93. The summed E-state index contributed by atoms with van der Waals surface area (Å²) in [4.78, 5) is 14.6. The number of aryl methyl sites for hydroxylation is 1. The van der Waals surface area contributed by atoms with Crippen LogP contribution in [-0.2, 0) is 0 Å². The zero-order valence-electron chi connectivity index (χ0n) is 16.7. The van der Waals surface area contributed by atoms with Crippen molar-refractivity contribution in [1.82, 2.24) is 9.88 Å². The summed E-state index contributed by atoms with van der Waals surface area (Å²) in [6.45, 7) is 3.57. The lowest BCUT2D eigenvalue weighted by Gasteiger charge is -2.36. The summed E-state index contributed by atoms with van der Waals surface area (Å²) in [7, 11) is 0. The van der Waals surface area contributed by atoms with Gasteiger partial charge in [-0.3, -0.25) is 4.79 Å². The number of fused-ring (bicyclic) bond motifs is 1. The Morgan fingerprint density at radius 1 is 1.23 bits per heavy atom. The van der Waals surface area contributed by atoms with Crippen LogP contribution in [0.1, 0.15) is 36.1 Å². The van der Waals surface area contributed by atoms with Gasteiger partial charge in [-0.2, -0.15) is 0 Å². The Balaban J connectivity index is 1.60. The normalized spacial score (nSPS) is 19.4. The lowest BCUT2D eigenvalue weighted by molar-refractivity contribution is 0.461. The highest BCUT2D eigenvalue weighted by Gasteiger charge is 2.30. The summed E-state index contributed by atoms with van der Waals surface area (Å²) in [5.74, 6) is -0.257. The highest BCUT2D eigenvalue weighted by atomic mass is 35.5. The smallest absolute Gasteiger partial charge is 0.192 e. The van der Waals surface area contributed by atoms with Gasteiger partial charge >= 0.3 is 0 Å². The molecule has 7 heteroatoms. The summed E-state index contributed by atoms with van der Waals surface area (Å²) >= 11 is 6.80. The van der Waals surface area contributed by atoms with Crippen molar-refractivity contribution in [3.05, 3.63) is 68.7 Å². The third kappa shape index (κ3) is 3.24. The number of rotatable bonds is 3. The van der Waals surface area contributed by atoms with Gasteiger partial charge in [-0.05, 0) is 43.5 Å². The molecule has 3 aromatic rings. The predicted octanol–water partition coefficient (Wildman–Crippen LogP) is 4.29. The van der Waals surface area contributed by atoms with Gasteiger partial charge in [-0.1, -0.05) is 23.7 Å². The van der Waals surface area contributed by atoms with Crippen LogP contribution in [0.3, 0.4) is 0 Å². The van der Waals surface area contributed by atoms with E-state index >= 15 is 4.39 Å². The van der Waals surface area contributed by atoms with Gasteiger partial charge in [0.1, 0.15) is 11.6 Å². The Morgan fingerprint density at radius 2 is 1.97 bits per heavy atom. The Hall–Kier alpha value is -2.57. The number of hydrogen-bond acceptors (Lipinski definition) is 4. The van der Waals surface area contributed by atoms with E-state index in [1.165, 1.54) is 6.07 Å². The van der Waals surface area contributed by atoms with Crippen LogP contribution in [0.15, 0.2) is 41.3 Å². The van der Waals surface area contributed by atoms with Gasteiger partial charge in [0.05, 0.1) is 21.6 Å². The van der Waals surface area contributed by atoms with E-state index in [0.717, 1.165) is 18.4 Å². The second-order valence-electron chi connectivity index (χ2n) is 8.24. The molecule has 1 unspecified atom stereocenters. The van der Waals surface area contributed by atoms with E-state index in [1.807, 2.05) is 23.2 Å². The third-order valence-corrected chi connectivity index (χ3v) is 6.45. The lowest BCUT2D eigenvalue weighted by atomic mass is 10.0. The van der Waals surface area contributed by atoms with E-state index in [4.69, 9.17) is 11.6 Å². The lowest BCUT2D eigenvalue weighted by Crippen LogP contribution is -2.46. The fraction of sp³-hybridized carbons (Fsp3) is 0.348. The molecular formula is C23H23ClFN3O2. The fourth-order valence-corrected chi connectivity index (χ4v) is 4.79. The Labute approximate surface area is 178 Å². The Bertz CT molecular complexity index is 1190. The minimum Gasteiger partial charge on any atom is -0.508 e. The molecule has 0 radical (unpaired) electrons. The number of nitrogens with one attached hydrogen (secondary N) is 1. The molecule has 1 saturated carbocycles. The number of benzene rings is 2. The van der Waals surface area contributed by atoms with Crippen LogP contribution in [0.4, 0.5) is 10.1 Å². The number of halogens is 2. The van der Waals surface area contributed by atoms with Crippen molar-refractivity contribution in [2.75, 3.05) is 24.5 Å². The van der Waals surface area contributed by atoms with Gasteiger partial charge in [-0.15, -0.1) is 0 Å². The Kier molecular flexibility index (Phi) is 4.71. The first-order chi connectivity index (χ1) is 14.4. The zero-order valence-corrected chi connectivity index (χ0v) is 17.4. The van der Waals surface area contributed by atoms with E-state index in [9.17, 15) is 9.90 Å². The predicted molar refractivity (Wildman–Crippen MR) is 117 cm³/mol. The van der Waals surface area contributed by atoms with Crippen LogP contribution in [0.2, 0.25) is 5.02 Å². The molecule has 1 atom stereocenters. The average molecular weight is 428 g/mol. The van der Waals surface area contributed by atoms with Crippen molar-refractivity contribution in [2.45, 2.75) is 31.8 Å². The van der Waals surface area contributed by atoms with E-state index in [2.05, 4.69) is 9.88 Å². The van der Waals surface area contributed by atoms with Gasteiger partial charge in [0.15, 0.2) is 5.43 Å². The molecule has 2 N–H and O–H groups in total. The number of anilines is 1. The molecule has 2 aliphatic rings. The molecule has 2 aromatic carbocycles. The molecule has 5 rings (SSSR count). The maximum absolute atomic E-state index is 15.3. The molecule has 156 valence electrons. The first-order valence-corrected chi connectivity index (χ1v) is 10.6. The number of piperazine rings is 1. The molecule has 2 heterocycles. The first-order valence-electron chi connectivity index (χ1n) is 10.2. The van der Waals surface area contributed by atoms with E-state index in [0.29, 0.717) is 52.9 Å². The second kappa shape index (κ2) is 7.29. The summed E-state index contributed by atoms with van der Waals surface area (Å²) in [5, 5.41) is 13.6. The summed E-state index contributed by atoms with van der Waals surface area (Å²) in [6, 6.07) is 8.67. The van der Waals surface area contributed by atoms with Crippen LogP contribution < -0.4 is 15.6 Å². The number of nitrogens with zero attached hydrogens (tertiary/aromatic N) is 2. The van der Waals surface area contributed by atoms with Crippen LogP contribution in [0, 0.1) is 12.7 Å². The topological polar surface area (TPSA) is 57.5 Å². The minimum absolute atomic E-state index is 0.0193. The van der Waals surface area contributed by atoms with Crippen molar-refractivity contribution < 1.29 is 9.50 Å². The monoisotopic (exact) mass is 427 g/mol. The van der Waals surface area contributed by atoms with Crippen molar-refractivity contribution in [3.8, 4) is 5.75 Å². The van der Waals surface area contributed by atoms with Crippen molar-refractivity contribution in [3.63, 3.8) is 0 Å². The number of hydrogen-bond donors (Lipinski definition) is 2. The van der Waals surface area contributed by atoms with Gasteiger partial charge < -0.3 is 19.9 Å². The highest BCUT2D eigenvalue weighted by molar-refractivity contribution is 6.38. The standard InChI is InChI=1S/C23H23ClFN3O2/c1-13-11-28(15-4-5-15)21-17(23(13)30)10-18(25)22(20(21)24)27-9-8-26-19(12-27)14-2-6-16(29)7-3-14/h2-3,6-7,10-11,15,19,26,29H,4-5,8-9,12H2,1H3. The third-order valence-electron chi connectivity index (χ3n) is 6.09. The van der Waals surface area contributed by atoms with E-state index < -0.39 is 5.82 Å². The zero-order chi connectivity index (χ0) is 21.0. The molecule has 0 spiro atoms. The molecule has 1 saturated heterocycles. The molecule has 1 aromatic heterocycles. The maximum atomic E-state index is 15.3. The molecule has 0 bridgehead atoms. The number of phenolic OH excluding ortho intramolecular Hbond substituents is 1. The number of pyridine rings is 1. The summed E-state index contributed by atoms with van der Waals surface area (Å²) in [5.41, 5.74) is 2.43. The summed E-state index contributed by atoms with van der Waals surface area (Å²) < 4.78 is 17.3. The van der Waals surface area contributed by atoms with Gasteiger partial charge in [0.2, 0.25) is 0 Å². The Morgan fingerprint density at radius 3 is 2.67 bits per heavy atom. The second-order valence-corrected chi connectivity index (χ2v) is 8.62. The minimum atomic E-state index is -0.469. The molecule has 0 amide bonds. The van der Waals surface area contributed by atoms with Crippen molar-refractivity contribution in [2.24, 2.45) is 0 Å². The highest BCUT2D eigenvalue weighted by Crippen LogP contribution is 2.42. The molecular weight excluding hydrogens is 405 g/mol. The average Bonchev–Trinajstić information content (AvgIpc) is 3.57. The molecule has 5 nitrogen and oxygen atoms in total. The molecule has 2 fully saturated rings. The fourth-order valence-electron chi connectivity index (χ4n) is 4.38. The largest absolute Gasteiger partial charge is 0.508 e. The van der Waals surface area contributed by atoms with E-state index in [1.54, 1.807) is 19.1 Å². The van der Waals surface area contributed by atoms with Gasteiger partial charge in [0, 0.05) is 43.5 Å². The quantitative estimate of drug-likeness (QED) is 0.654. The number of aromatic nitrogens is 1. The molecule has 1 aliphatic carbocycles. The molecule has 1 aliphatic heterocycles. The van der Waals surface area contributed by atoms with Gasteiger partial charge in [0.25, 0.3) is 0 Å².